The van der Waals surface area contributed by atoms with Crippen molar-refractivity contribution >= 4 is 10.8 Å². The van der Waals surface area contributed by atoms with Gasteiger partial charge in [0.1, 0.15) is 46.0 Å². The number of hydrogen-bond acceptors (Lipinski definition) is 8. The zero-order valence-corrected chi connectivity index (χ0v) is 52.4. The molecule has 0 fully saturated rings. The third kappa shape index (κ3) is 13.1. The van der Waals surface area contributed by atoms with Gasteiger partial charge in [0, 0.05) is 10.8 Å². The second-order valence-electron chi connectivity index (χ2n) is 20.6. The van der Waals surface area contributed by atoms with Crippen LogP contribution in [0.3, 0.4) is 0 Å². The van der Waals surface area contributed by atoms with Crippen LogP contribution in [0.25, 0.3) is 21.9 Å². The fraction of sp³-hybridized carbons (Fsp3) is 0.437. The molecule has 0 bridgehead atoms. The summed E-state index contributed by atoms with van der Waals surface area (Å²) in [7, 11) is 13.8. The fourth-order valence-corrected chi connectivity index (χ4v) is 11.4. The molecule has 7 aromatic rings. The summed E-state index contributed by atoms with van der Waals surface area (Å²) in [5.41, 5.74) is 30.6. The molecular formula is C71H100O8. The van der Waals surface area contributed by atoms with Gasteiger partial charge in [-0.3, -0.25) is 0 Å². The highest BCUT2D eigenvalue weighted by atomic mass is 16.5. The minimum Gasteiger partial charge on any atom is -0.496 e. The highest BCUT2D eigenvalue weighted by Gasteiger charge is 2.24. The Hall–Kier alpha value is -6.80. The smallest absolute Gasteiger partial charge is 0.126 e. The van der Waals surface area contributed by atoms with E-state index >= 15 is 0 Å². The van der Waals surface area contributed by atoms with E-state index in [2.05, 4.69) is 138 Å². The monoisotopic (exact) mass is 1080 g/mol. The lowest BCUT2D eigenvalue weighted by Crippen LogP contribution is -2.08. The van der Waals surface area contributed by atoms with Gasteiger partial charge in [0.25, 0.3) is 0 Å². The molecule has 0 unspecified atom stereocenters. The second kappa shape index (κ2) is 28.9. The van der Waals surface area contributed by atoms with Crippen LogP contribution in [0.5, 0.6) is 46.0 Å². The summed E-state index contributed by atoms with van der Waals surface area (Å²) in [6.07, 6.45) is 0.951. The SMILES string of the molecule is C.C.COc1c(C)c(C)c(-c2c(C)c(C)c(OC)c(C)c2C)c(C)c1C.COc1c(C)c(C)c(Cc2c(C)c(C)c(OC)c(C)c2C)c(C)c1C.COc1c(C)c(C)c(OC)c(C)c1C.COc1cccc2c(OC)cccc12. The largest absolute Gasteiger partial charge is 0.496 e. The minimum absolute atomic E-state index is 0. The van der Waals surface area contributed by atoms with Crippen LogP contribution in [-0.2, 0) is 6.42 Å². The van der Waals surface area contributed by atoms with Gasteiger partial charge in [0.05, 0.1) is 56.9 Å². The number of hydrogen-bond donors (Lipinski definition) is 0. The van der Waals surface area contributed by atoms with Crippen LogP contribution in [0.1, 0.15) is 137 Å². The summed E-state index contributed by atoms with van der Waals surface area (Å²) in [5, 5.41) is 2.16. The topological polar surface area (TPSA) is 73.8 Å². The van der Waals surface area contributed by atoms with E-state index in [1.165, 1.54) is 111 Å². The molecule has 0 saturated carbocycles. The van der Waals surface area contributed by atoms with Crippen molar-refractivity contribution in [1.82, 2.24) is 0 Å². The first-order chi connectivity index (χ1) is 36.3. The Bertz CT molecular complexity index is 2940. The molecule has 0 spiro atoms. The van der Waals surface area contributed by atoms with E-state index in [1.54, 1.807) is 56.9 Å². The molecule has 0 aromatic heterocycles. The maximum Gasteiger partial charge on any atom is 0.126 e. The molecule has 7 rings (SSSR count). The Balaban J connectivity index is 0.000000369. The van der Waals surface area contributed by atoms with Crippen molar-refractivity contribution < 1.29 is 37.9 Å². The Labute approximate surface area is 479 Å². The van der Waals surface area contributed by atoms with Gasteiger partial charge in [-0.05, 0) is 291 Å². The normalized spacial score (nSPS) is 10.4. The number of rotatable bonds is 11. The first-order valence-corrected chi connectivity index (χ1v) is 26.6. The van der Waals surface area contributed by atoms with Gasteiger partial charge in [-0.2, -0.15) is 0 Å². The number of fused-ring (bicyclic) bond motifs is 1. The van der Waals surface area contributed by atoms with Crippen LogP contribution in [-0.4, -0.2) is 56.9 Å². The summed E-state index contributed by atoms with van der Waals surface area (Å²) in [4.78, 5) is 0. The molecule has 0 amide bonds. The number of benzene rings is 7. The van der Waals surface area contributed by atoms with Crippen molar-refractivity contribution in [3.8, 4) is 57.1 Å². The zero-order valence-electron chi connectivity index (χ0n) is 52.4. The fourth-order valence-electron chi connectivity index (χ4n) is 11.4. The van der Waals surface area contributed by atoms with Crippen LogP contribution in [0.2, 0.25) is 0 Å². The molecule has 0 aliphatic rings. The van der Waals surface area contributed by atoms with E-state index in [0.717, 1.165) is 85.4 Å². The van der Waals surface area contributed by atoms with Crippen LogP contribution in [0.15, 0.2) is 36.4 Å². The third-order valence-electron chi connectivity index (χ3n) is 17.1. The van der Waals surface area contributed by atoms with E-state index in [0.29, 0.717) is 0 Å². The second-order valence-corrected chi connectivity index (χ2v) is 20.6. The van der Waals surface area contributed by atoms with Crippen LogP contribution < -0.4 is 37.9 Å². The molecular weight excluding hydrogens is 981 g/mol. The standard InChI is InChI=1S/C23H32O2.C22H30O2.C12H12O2.C12H18O2.2CH4/c1-12-16(5)22(24-9)17(6)13(2)20(12)11-21-14(3)18(7)23(25-10)19(8)15(21)4;1-11-15(5)21(23-9)16(6)12(2)19(11)20-13(3)17(7)22(24-10)18(8)14(20)4;1-13-11-7-3-6-10-9(11)5-4-8-12(10)14-2;1-7-8(2)12(14-6)10(4)9(3)11(7)13-5;;/h11H2,1-10H3;1-10H3;3-8H,1-2H3;1-6H3;2*1H4. The Morgan fingerprint density at radius 1 is 0.228 bits per heavy atom. The molecule has 8 heteroatoms. The molecule has 79 heavy (non-hydrogen) atoms. The van der Waals surface area contributed by atoms with Crippen molar-refractivity contribution in [2.75, 3.05) is 56.9 Å². The van der Waals surface area contributed by atoms with Crippen LogP contribution in [0.4, 0.5) is 0 Å². The van der Waals surface area contributed by atoms with Crippen LogP contribution in [0, 0.1) is 138 Å². The van der Waals surface area contributed by atoms with E-state index in [-0.39, 0.29) is 14.9 Å². The Morgan fingerprint density at radius 2 is 0.405 bits per heavy atom. The van der Waals surface area contributed by atoms with Gasteiger partial charge >= 0.3 is 0 Å². The quantitative estimate of drug-likeness (QED) is 0.127. The van der Waals surface area contributed by atoms with Gasteiger partial charge < -0.3 is 37.9 Å². The molecule has 0 atom stereocenters. The molecule has 7 aromatic carbocycles. The van der Waals surface area contributed by atoms with Gasteiger partial charge in [-0.25, -0.2) is 0 Å². The lowest BCUT2D eigenvalue weighted by molar-refractivity contribution is 0.392. The van der Waals surface area contributed by atoms with Gasteiger partial charge in [-0.1, -0.05) is 39.1 Å². The predicted molar refractivity (Wildman–Crippen MR) is 339 cm³/mol. The lowest BCUT2D eigenvalue weighted by atomic mass is 9.82. The molecule has 432 valence electrons. The summed E-state index contributed by atoms with van der Waals surface area (Å²) in [5.74, 6) is 7.75. The highest BCUT2D eigenvalue weighted by molar-refractivity contribution is 5.93. The summed E-state index contributed by atoms with van der Waals surface area (Å²) in [6, 6.07) is 11.9. The third-order valence-corrected chi connectivity index (χ3v) is 17.1. The summed E-state index contributed by atoms with van der Waals surface area (Å²) >= 11 is 0. The molecule has 0 aliphatic carbocycles. The van der Waals surface area contributed by atoms with Gasteiger partial charge in [0.15, 0.2) is 0 Å². The van der Waals surface area contributed by atoms with Crippen molar-refractivity contribution in [3.05, 3.63) is 159 Å². The first kappa shape index (κ1) is 68.3. The molecule has 0 N–H and O–H groups in total. The molecule has 0 radical (unpaired) electrons. The lowest BCUT2D eigenvalue weighted by Gasteiger charge is -2.25. The molecule has 8 nitrogen and oxygen atoms in total. The molecule has 0 saturated heterocycles. The van der Waals surface area contributed by atoms with E-state index in [1.807, 2.05) is 36.4 Å². The zero-order chi connectivity index (χ0) is 58.2. The van der Waals surface area contributed by atoms with E-state index in [4.69, 9.17) is 37.9 Å². The van der Waals surface area contributed by atoms with Crippen molar-refractivity contribution in [1.29, 1.82) is 0 Å². The number of methoxy groups -OCH3 is 8. The van der Waals surface area contributed by atoms with Gasteiger partial charge in [-0.15, -0.1) is 0 Å². The Kier molecular flexibility index (Phi) is 25.0. The van der Waals surface area contributed by atoms with E-state index < -0.39 is 0 Å². The van der Waals surface area contributed by atoms with Gasteiger partial charge in [0.2, 0.25) is 0 Å². The average Bonchev–Trinajstić information content (AvgIpc) is 3.45. The van der Waals surface area contributed by atoms with E-state index in [9.17, 15) is 0 Å². The minimum atomic E-state index is 0. The maximum atomic E-state index is 5.65. The Morgan fingerprint density at radius 3 is 0.582 bits per heavy atom. The van der Waals surface area contributed by atoms with Crippen molar-refractivity contribution in [2.24, 2.45) is 0 Å². The van der Waals surface area contributed by atoms with Crippen molar-refractivity contribution in [2.45, 2.75) is 160 Å². The van der Waals surface area contributed by atoms with Crippen molar-refractivity contribution in [3.63, 3.8) is 0 Å². The summed E-state index contributed by atoms with van der Waals surface area (Å²) in [6.45, 7) is 43.2. The average molecular weight is 1080 g/mol. The number of ether oxygens (including phenoxy) is 8. The maximum absolute atomic E-state index is 5.65. The predicted octanol–water partition coefficient (Wildman–Crippen LogP) is 18.7. The molecule has 0 heterocycles. The van der Waals surface area contributed by atoms with Crippen LogP contribution >= 0.6 is 0 Å². The highest BCUT2D eigenvalue weighted by Crippen LogP contribution is 2.45. The first-order valence-electron chi connectivity index (χ1n) is 26.6. The molecule has 0 aliphatic heterocycles. The summed E-state index contributed by atoms with van der Waals surface area (Å²) < 4.78 is 43.9.